The van der Waals surface area contributed by atoms with E-state index >= 15 is 0 Å². The fraction of sp³-hybridized carbons (Fsp3) is 0.533. The summed E-state index contributed by atoms with van der Waals surface area (Å²) in [6.07, 6.45) is 5.41. The standard InChI is InChI=1S/C15H22N2O/c1-11(12-5-3-4-6-12)17-14-9-7-13(8-10-14)15(18)16-2/h7-12,17H,3-6H2,1-2H3,(H,16,18). The lowest BCUT2D eigenvalue weighted by atomic mass is 9.99. The summed E-state index contributed by atoms with van der Waals surface area (Å²) >= 11 is 0. The topological polar surface area (TPSA) is 41.1 Å². The van der Waals surface area contributed by atoms with E-state index in [0.29, 0.717) is 11.6 Å². The molecule has 0 spiro atoms. The van der Waals surface area contributed by atoms with E-state index in [1.54, 1.807) is 7.05 Å². The highest BCUT2D eigenvalue weighted by atomic mass is 16.1. The molecule has 0 bridgehead atoms. The minimum absolute atomic E-state index is 0.0367. The number of amides is 1. The molecule has 1 aromatic rings. The van der Waals surface area contributed by atoms with Gasteiger partial charge in [-0.05, 0) is 49.9 Å². The van der Waals surface area contributed by atoms with Gasteiger partial charge in [0.1, 0.15) is 0 Å². The number of carbonyl (C=O) groups excluding carboxylic acids is 1. The summed E-state index contributed by atoms with van der Waals surface area (Å²) in [4.78, 5) is 11.4. The summed E-state index contributed by atoms with van der Waals surface area (Å²) in [5.41, 5.74) is 1.80. The number of hydrogen-bond donors (Lipinski definition) is 2. The Balaban J connectivity index is 1.95. The summed E-state index contributed by atoms with van der Waals surface area (Å²) < 4.78 is 0. The largest absolute Gasteiger partial charge is 0.382 e. The highest BCUT2D eigenvalue weighted by Gasteiger charge is 2.21. The first kappa shape index (κ1) is 12.9. The van der Waals surface area contributed by atoms with Crippen molar-refractivity contribution in [3.63, 3.8) is 0 Å². The first-order valence-electron chi connectivity index (χ1n) is 6.79. The molecule has 18 heavy (non-hydrogen) atoms. The fourth-order valence-electron chi connectivity index (χ4n) is 2.70. The van der Waals surface area contributed by atoms with E-state index in [4.69, 9.17) is 0 Å². The molecule has 2 rings (SSSR count). The molecule has 0 heterocycles. The molecule has 98 valence electrons. The van der Waals surface area contributed by atoms with Gasteiger partial charge in [0, 0.05) is 24.3 Å². The third-order valence-electron chi connectivity index (χ3n) is 3.88. The molecule has 3 nitrogen and oxygen atoms in total. The van der Waals surface area contributed by atoms with E-state index < -0.39 is 0 Å². The van der Waals surface area contributed by atoms with Crippen LogP contribution in [0.15, 0.2) is 24.3 Å². The Morgan fingerprint density at radius 1 is 1.22 bits per heavy atom. The van der Waals surface area contributed by atoms with Crippen molar-refractivity contribution in [1.82, 2.24) is 5.32 Å². The van der Waals surface area contributed by atoms with E-state index in [-0.39, 0.29) is 5.91 Å². The van der Waals surface area contributed by atoms with Crippen LogP contribution in [0.25, 0.3) is 0 Å². The van der Waals surface area contributed by atoms with Crippen molar-refractivity contribution in [2.75, 3.05) is 12.4 Å². The number of nitrogens with one attached hydrogen (secondary N) is 2. The van der Waals surface area contributed by atoms with Crippen molar-refractivity contribution < 1.29 is 4.79 Å². The van der Waals surface area contributed by atoms with Crippen LogP contribution in [-0.4, -0.2) is 19.0 Å². The number of anilines is 1. The van der Waals surface area contributed by atoms with Gasteiger partial charge in [0.25, 0.3) is 5.91 Å². The molecule has 1 atom stereocenters. The van der Waals surface area contributed by atoms with Crippen molar-refractivity contribution in [3.05, 3.63) is 29.8 Å². The lowest BCUT2D eigenvalue weighted by molar-refractivity contribution is 0.0963. The zero-order valence-electron chi connectivity index (χ0n) is 11.2. The quantitative estimate of drug-likeness (QED) is 0.857. The van der Waals surface area contributed by atoms with E-state index in [0.717, 1.165) is 11.6 Å². The second-order valence-electron chi connectivity index (χ2n) is 5.13. The SMILES string of the molecule is CNC(=O)c1ccc(NC(C)C2CCCC2)cc1. The monoisotopic (exact) mass is 246 g/mol. The Bertz CT molecular complexity index is 393. The minimum atomic E-state index is -0.0367. The highest BCUT2D eigenvalue weighted by molar-refractivity contribution is 5.94. The zero-order chi connectivity index (χ0) is 13.0. The minimum Gasteiger partial charge on any atom is -0.382 e. The molecule has 1 saturated carbocycles. The third-order valence-corrected chi connectivity index (χ3v) is 3.88. The van der Waals surface area contributed by atoms with Gasteiger partial charge < -0.3 is 10.6 Å². The van der Waals surface area contributed by atoms with E-state index in [2.05, 4.69) is 17.6 Å². The van der Waals surface area contributed by atoms with E-state index in [1.807, 2.05) is 24.3 Å². The smallest absolute Gasteiger partial charge is 0.251 e. The summed E-state index contributed by atoms with van der Waals surface area (Å²) in [5, 5.41) is 6.16. The van der Waals surface area contributed by atoms with Gasteiger partial charge in [-0.15, -0.1) is 0 Å². The summed E-state index contributed by atoms with van der Waals surface area (Å²) in [7, 11) is 1.65. The first-order valence-corrected chi connectivity index (χ1v) is 6.79. The van der Waals surface area contributed by atoms with Gasteiger partial charge in [-0.2, -0.15) is 0 Å². The van der Waals surface area contributed by atoms with Crippen LogP contribution in [0, 0.1) is 5.92 Å². The van der Waals surface area contributed by atoms with Crippen LogP contribution >= 0.6 is 0 Å². The van der Waals surface area contributed by atoms with Gasteiger partial charge in [-0.1, -0.05) is 12.8 Å². The van der Waals surface area contributed by atoms with Gasteiger partial charge in [0.2, 0.25) is 0 Å². The Kier molecular flexibility index (Phi) is 4.24. The van der Waals surface area contributed by atoms with Crippen molar-refractivity contribution in [2.45, 2.75) is 38.6 Å². The normalized spacial score (nSPS) is 17.4. The molecular formula is C15H22N2O. The van der Waals surface area contributed by atoms with Crippen molar-refractivity contribution in [3.8, 4) is 0 Å². The third kappa shape index (κ3) is 3.03. The van der Waals surface area contributed by atoms with Crippen LogP contribution in [-0.2, 0) is 0 Å². The van der Waals surface area contributed by atoms with Crippen LogP contribution in [0.5, 0.6) is 0 Å². The van der Waals surface area contributed by atoms with Gasteiger partial charge >= 0.3 is 0 Å². The number of benzene rings is 1. The number of rotatable bonds is 4. The van der Waals surface area contributed by atoms with Crippen molar-refractivity contribution in [2.24, 2.45) is 5.92 Å². The Morgan fingerprint density at radius 2 is 1.83 bits per heavy atom. The maximum Gasteiger partial charge on any atom is 0.251 e. The van der Waals surface area contributed by atoms with Crippen LogP contribution in [0.2, 0.25) is 0 Å². The zero-order valence-corrected chi connectivity index (χ0v) is 11.2. The summed E-state index contributed by atoms with van der Waals surface area (Å²) in [6.45, 7) is 2.25. The lowest BCUT2D eigenvalue weighted by Crippen LogP contribution is -2.23. The fourth-order valence-corrected chi connectivity index (χ4v) is 2.70. The van der Waals surface area contributed by atoms with Crippen LogP contribution in [0.1, 0.15) is 43.0 Å². The summed E-state index contributed by atoms with van der Waals surface area (Å²) in [6, 6.07) is 8.20. The summed E-state index contributed by atoms with van der Waals surface area (Å²) in [5.74, 6) is 0.758. The average Bonchev–Trinajstić information content (AvgIpc) is 2.92. The number of hydrogen-bond acceptors (Lipinski definition) is 2. The molecule has 0 saturated heterocycles. The average molecular weight is 246 g/mol. The lowest BCUT2D eigenvalue weighted by Gasteiger charge is -2.21. The van der Waals surface area contributed by atoms with Gasteiger partial charge in [-0.25, -0.2) is 0 Å². The predicted octanol–water partition coefficient (Wildman–Crippen LogP) is 3.04. The molecule has 1 aromatic carbocycles. The molecule has 2 N–H and O–H groups in total. The molecule has 1 aliphatic rings. The second-order valence-corrected chi connectivity index (χ2v) is 5.13. The first-order chi connectivity index (χ1) is 8.70. The molecule has 1 unspecified atom stereocenters. The number of carbonyl (C=O) groups is 1. The molecule has 0 aromatic heterocycles. The molecular weight excluding hydrogens is 224 g/mol. The molecule has 0 aliphatic heterocycles. The highest BCUT2D eigenvalue weighted by Crippen LogP contribution is 2.29. The Morgan fingerprint density at radius 3 is 2.39 bits per heavy atom. The molecule has 1 aliphatic carbocycles. The van der Waals surface area contributed by atoms with Crippen LogP contribution in [0.3, 0.4) is 0 Å². The molecule has 3 heteroatoms. The molecule has 1 amide bonds. The molecule has 0 radical (unpaired) electrons. The van der Waals surface area contributed by atoms with E-state index in [9.17, 15) is 4.79 Å². The predicted molar refractivity (Wildman–Crippen MR) is 74.9 cm³/mol. The second kappa shape index (κ2) is 5.89. The van der Waals surface area contributed by atoms with Crippen molar-refractivity contribution in [1.29, 1.82) is 0 Å². The maximum atomic E-state index is 11.4. The van der Waals surface area contributed by atoms with Gasteiger partial charge in [0.15, 0.2) is 0 Å². The van der Waals surface area contributed by atoms with Gasteiger partial charge in [-0.3, -0.25) is 4.79 Å². The maximum absolute atomic E-state index is 11.4. The van der Waals surface area contributed by atoms with Crippen molar-refractivity contribution >= 4 is 11.6 Å². The molecule has 1 fully saturated rings. The van der Waals surface area contributed by atoms with Gasteiger partial charge in [0.05, 0.1) is 0 Å². The van der Waals surface area contributed by atoms with Crippen LogP contribution in [0.4, 0.5) is 5.69 Å². The Labute approximate surface area is 109 Å². The van der Waals surface area contributed by atoms with E-state index in [1.165, 1.54) is 25.7 Å². The Hall–Kier alpha value is -1.51. The van der Waals surface area contributed by atoms with Crippen LogP contribution < -0.4 is 10.6 Å².